The van der Waals surface area contributed by atoms with Crippen LogP contribution in [0.15, 0.2) is 59.5 Å². The number of hydrogen-bond acceptors (Lipinski definition) is 5. The van der Waals surface area contributed by atoms with E-state index in [1.807, 2.05) is 13.8 Å². The molecule has 2 aromatic carbocycles. The number of rotatable bonds is 11. The van der Waals surface area contributed by atoms with Crippen molar-refractivity contribution >= 4 is 11.9 Å². The molecule has 0 fully saturated rings. The van der Waals surface area contributed by atoms with E-state index >= 15 is 0 Å². The highest BCUT2D eigenvalue weighted by Crippen LogP contribution is 2.35. The lowest BCUT2D eigenvalue weighted by atomic mass is 10.0. The minimum Gasteiger partial charge on any atom is -0.481 e. The van der Waals surface area contributed by atoms with Gasteiger partial charge >= 0.3 is 5.97 Å². The van der Waals surface area contributed by atoms with E-state index in [2.05, 4.69) is 5.32 Å². The summed E-state index contributed by atoms with van der Waals surface area (Å²) in [5.41, 5.74) is 2.32. The van der Waals surface area contributed by atoms with E-state index in [4.69, 9.17) is 9.47 Å². The number of carboxylic acids is 1. The minimum absolute atomic E-state index is 0.0738. The summed E-state index contributed by atoms with van der Waals surface area (Å²) in [6, 6.07) is 11.1. The smallest absolute Gasteiger partial charge is 0.305 e. The predicted molar refractivity (Wildman–Crippen MR) is 139 cm³/mol. The molecule has 2 heterocycles. The van der Waals surface area contributed by atoms with Crippen molar-refractivity contribution in [3.63, 3.8) is 0 Å². The van der Waals surface area contributed by atoms with Gasteiger partial charge in [-0.2, -0.15) is 0 Å². The highest BCUT2D eigenvalue weighted by atomic mass is 19.1. The molecule has 9 heteroatoms. The summed E-state index contributed by atoms with van der Waals surface area (Å²) >= 11 is 0. The second kappa shape index (κ2) is 11.9. The summed E-state index contributed by atoms with van der Waals surface area (Å²) in [6.45, 7) is 3.91. The van der Waals surface area contributed by atoms with Gasteiger partial charge in [-0.1, -0.05) is 38.0 Å². The number of carbonyl (C=O) groups excluding carboxylic acids is 1. The lowest BCUT2D eigenvalue weighted by Crippen LogP contribution is -2.40. The molecule has 1 aliphatic heterocycles. The van der Waals surface area contributed by atoms with Crippen LogP contribution in [0.25, 0.3) is 0 Å². The number of aromatic nitrogens is 1. The number of nitrogens with one attached hydrogen (secondary N) is 1. The Kier molecular flexibility index (Phi) is 8.45. The van der Waals surface area contributed by atoms with Crippen molar-refractivity contribution in [1.82, 2.24) is 9.88 Å². The molecule has 2 N–H and O–H groups in total. The molecule has 0 radical (unpaired) electrons. The third kappa shape index (κ3) is 6.40. The van der Waals surface area contributed by atoms with E-state index in [1.54, 1.807) is 42.6 Å². The van der Waals surface area contributed by atoms with Gasteiger partial charge in [0.25, 0.3) is 5.56 Å². The standard InChI is InChI=1S/C29H31FN2O6/c1-3-4-5-24(32-16-18(2)12-21(29(32)36)13-19-6-9-22(30)10-7-19)28(35)31-23(15-27(33)34)20-8-11-25-26(14-20)38-17-37-25/h6-12,14,16,23-24H,3-5,13,15,17H2,1-2H3,(H,31,35)(H,33,34)/t23-,24+/m0/s1. The predicted octanol–water partition coefficient (Wildman–Crippen LogP) is 4.68. The first-order valence-electron chi connectivity index (χ1n) is 12.6. The van der Waals surface area contributed by atoms with E-state index in [0.717, 1.165) is 17.5 Å². The number of amides is 1. The van der Waals surface area contributed by atoms with Gasteiger partial charge in [0.2, 0.25) is 12.7 Å². The normalized spacial score (nSPS) is 13.7. The monoisotopic (exact) mass is 522 g/mol. The first-order valence-corrected chi connectivity index (χ1v) is 12.6. The number of hydrogen-bond donors (Lipinski definition) is 2. The van der Waals surface area contributed by atoms with Crippen molar-refractivity contribution in [1.29, 1.82) is 0 Å². The minimum atomic E-state index is -1.08. The zero-order chi connectivity index (χ0) is 27.2. The third-order valence-electron chi connectivity index (χ3n) is 6.53. The van der Waals surface area contributed by atoms with Crippen LogP contribution in [0.2, 0.25) is 0 Å². The number of halogens is 1. The Hall–Kier alpha value is -4.14. The summed E-state index contributed by atoms with van der Waals surface area (Å²) in [5, 5.41) is 12.4. The van der Waals surface area contributed by atoms with Crippen molar-refractivity contribution in [3.05, 3.63) is 93.2 Å². The highest BCUT2D eigenvalue weighted by Gasteiger charge is 2.27. The fourth-order valence-corrected chi connectivity index (χ4v) is 4.62. The van der Waals surface area contributed by atoms with Gasteiger partial charge in [-0.05, 0) is 60.4 Å². The number of benzene rings is 2. The molecule has 2 atom stereocenters. The molecule has 1 aromatic heterocycles. The molecule has 0 bridgehead atoms. The number of aliphatic carboxylic acids is 1. The number of unbranched alkanes of at least 4 members (excludes halogenated alkanes) is 1. The molecule has 0 saturated carbocycles. The zero-order valence-corrected chi connectivity index (χ0v) is 21.4. The first kappa shape index (κ1) is 26.9. The SMILES string of the molecule is CCCC[C@H](C(=O)N[C@@H](CC(=O)O)c1ccc2c(c1)OCO2)n1cc(C)cc(Cc2ccc(F)cc2)c1=O. The highest BCUT2D eigenvalue weighted by molar-refractivity contribution is 5.81. The summed E-state index contributed by atoms with van der Waals surface area (Å²) in [5.74, 6) is -0.842. The fourth-order valence-electron chi connectivity index (χ4n) is 4.62. The quantitative estimate of drug-likeness (QED) is 0.379. The Morgan fingerprint density at radius 3 is 2.55 bits per heavy atom. The number of ether oxygens (including phenoxy) is 2. The first-order chi connectivity index (χ1) is 18.2. The molecule has 38 heavy (non-hydrogen) atoms. The van der Waals surface area contributed by atoms with E-state index in [9.17, 15) is 23.9 Å². The van der Waals surface area contributed by atoms with Crippen molar-refractivity contribution in [2.45, 2.75) is 58.0 Å². The van der Waals surface area contributed by atoms with Gasteiger partial charge in [0.15, 0.2) is 11.5 Å². The van der Waals surface area contributed by atoms with Crippen molar-refractivity contribution in [2.75, 3.05) is 6.79 Å². The van der Waals surface area contributed by atoms with Gasteiger partial charge < -0.3 is 24.5 Å². The third-order valence-corrected chi connectivity index (χ3v) is 6.53. The Bertz CT molecular complexity index is 1370. The molecule has 0 spiro atoms. The molecular formula is C29H31FN2O6. The average Bonchev–Trinajstić information content (AvgIpc) is 3.35. The molecule has 200 valence electrons. The number of aryl methyl sites for hydroxylation is 1. The maximum atomic E-state index is 13.7. The maximum absolute atomic E-state index is 13.7. The second-order valence-corrected chi connectivity index (χ2v) is 9.49. The van der Waals surface area contributed by atoms with Gasteiger partial charge in [-0.25, -0.2) is 4.39 Å². The topological polar surface area (TPSA) is 107 Å². The van der Waals surface area contributed by atoms with Gasteiger partial charge in [0.1, 0.15) is 11.9 Å². The van der Waals surface area contributed by atoms with Gasteiger partial charge in [-0.3, -0.25) is 14.4 Å². The molecule has 3 aromatic rings. The maximum Gasteiger partial charge on any atom is 0.305 e. The lowest BCUT2D eigenvalue weighted by Gasteiger charge is -2.24. The van der Waals surface area contributed by atoms with Gasteiger partial charge in [0.05, 0.1) is 12.5 Å². The summed E-state index contributed by atoms with van der Waals surface area (Å²) in [4.78, 5) is 38.9. The summed E-state index contributed by atoms with van der Waals surface area (Å²) in [6.07, 6.45) is 3.52. The molecule has 0 saturated heterocycles. The van der Waals surface area contributed by atoms with Crippen LogP contribution in [0.4, 0.5) is 4.39 Å². The summed E-state index contributed by atoms with van der Waals surface area (Å²) < 4.78 is 25.6. The van der Waals surface area contributed by atoms with Gasteiger partial charge in [0, 0.05) is 18.2 Å². The lowest BCUT2D eigenvalue weighted by molar-refractivity contribution is -0.138. The number of nitrogens with zero attached hydrogens (tertiary/aromatic N) is 1. The second-order valence-electron chi connectivity index (χ2n) is 9.49. The molecule has 0 unspecified atom stereocenters. The van der Waals surface area contributed by atoms with E-state index in [-0.39, 0.29) is 24.6 Å². The van der Waals surface area contributed by atoms with Crippen LogP contribution < -0.4 is 20.3 Å². The molecule has 0 aliphatic carbocycles. The Morgan fingerprint density at radius 2 is 1.84 bits per heavy atom. The number of pyridine rings is 1. The summed E-state index contributed by atoms with van der Waals surface area (Å²) in [7, 11) is 0. The van der Waals surface area contributed by atoms with E-state index in [0.29, 0.717) is 41.9 Å². The van der Waals surface area contributed by atoms with Crippen LogP contribution in [0.3, 0.4) is 0 Å². The Labute approximate surface area is 220 Å². The Balaban J connectivity index is 1.65. The van der Waals surface area contributed by atoms with Crippen LogP contribution in [0, 0.1) is 12.7 Å². The van der Waals surface area contributed by atoms with E-state index < -0.39 is 24.0 Å². The van der Waals surface area contributed by atoms with Crippen molar-refractivity contribution in [3.8, 4) is 11.5 Å². The van der Waals surface area contributed by atoms with Crippen molar-refractivity contribution < 1.29 is 28.6 Å². The molecule has 4 rings (SSSR count). The van der Waals surface area contributed by atoms with Crippen LogP contribution in [0.5, 0.6) is 11.5 Å². The number of carboxylic acid groups (broad SMARTS) is 1. The molecule has 8 nitrogen and oxygen atoms in total. The zero-order valence-electron chi connectivity index (χ0n) is 21.4. The average molecular weight is 523 g/mol. The van der Waals surface area contributed by atoms with Crippen LogP contribution >= 0.6 is 0 Å². The Morgan fingerprint density at radius 1 is 1.11 bits per heavy atom. The molecule has 1 amide bonds. The molecule has 1 aliphatic rings. The van der Waals surface area contributed by atoms with Crippen LogP contribution in [0.1, 0.15) is 66.9 Å². The molecular weight excluding hydrogens is 491 g/mol. The number of carbonyl (C=O) groups is 2. The largest absolute Gasteiger partial charge is 0.481 e. The van der Waals surface area contributed by atoms with E-state index in [1.165, 1.54) is 16.7 Å². The van der Waals surface area contributed by atoms with Crippen LogP contribution in [-0.4, -0.2) is 28.3 Å². The van der Waals surface area contributed by atoms with Crippen LogP contribution in [-0.2, 0) is 16.0 Å². The van der Waals surface area contributed by atoms with Gasteiger partial charge in [-0.15, -0.1) is 0 Å². The van der Waals surface area contributed by atoms with Crippen molar-refractivity contribution in [2.24, 2.45) is 0 Å². The fraction of sp³-hybridized carbons (Fsp3) is 0.345. The number of fused-ring (bicyclic) bond motifs is 1.